The molecule has 0 bridgehead atoms. The second-order valence-corrected chi connectivity index (χ2v) is 5.48. The van der Waals surface area contributed by atoms with Crippen LogP contribution in [0.4, 0.5) is 0 Å². The van der Waals surface area contributed by atoms with Crippen LogP contribution in [-0.2, 0) is 0 Å². The average molecular weight is 268 g/mol. The lowest BCUT2D eigenvalue weighted by Crippen LogP contribution is -2.14. The highest BCUT2D eigenvalue weighted by Crippen LogP contribution is 2.30. The first-order valence-electron chi connectivity index (χ1n) is 7.02. The smallest absolute Gasteiger partial charge is 0.0650 e. The molecule has 0 saturated heterocycles. The van der Waals surface area contributed by atoms with E-state index < -0.39 is 0 Å². The Kier molecular flexibility index (Phi) is 3.32. The van der Waals surface area contributed by atoms with Crippen LogP contribution in [0.15, 0.2) is 36.5 Å². The summed E-state index contributed by atoms with van der Waals surface area (Å²) in [4.78, 5) is 3.31. The number of nitrogens with two attached hydrogens (primary N) is 1. The second kappa shape index (κ2) is 5.13. The summed E-state index contributed by atoms with van der Waals surface area (Å²) in [5.74, 6) is 0.563. The number of H-pyrrole nitrogens is 2. The lowest BCUT2D eigenvalue weighted by Gasteiger charge is -2.12. The number of para-hydroxylation sites is 1. The van der Waals surface area contributed by atoms with Gasteiger partial charge in [0.05, 0.1) is 5.69 Å². The quantitative estimate of drug-likeness (QED) is 0.680. The van der Waals surface area contributed by atoms with Gasteiger partial charge in [0, 0.05) is 35.3 Å². The van der Waals surface area contributed by atoms with Gasteiger partial charge in [-0.1, -0.05) is 32.0 Å². The molecule has 1 unspecified atom stereocenters. The third-order valence-electron chi connectivity index (χ3n) is 3.82. The first-order valence-corrected chi connectivity index (χ1v) is 7.02. The van der Waals surface area contributed by atoms with E-state index >= 15 is 0 Å². The van der Waals surface area contributed by atoms with Gasteiger partial charge in [0.1, 0.15) is 0 Å². The van der Waals surface area contributed by atoms with Crippen molar-refractivity contribution < 1.29 is 0 Å². The summed E-state index contributed by atoms with van der Waals surface area (Å²) < 4.78 is 0. The maximum Gasteiger partial charge on any atom is 0.0650 e. The Morgan fingerprint density at radius 1 is 1.25 bits per heavy atom. The number of nitrogens with zero attached hydrogens (tertiary/aromatic N) is 1. The number of hydrogen-bond donors (Lipinski definition) is 3. The highest BCUT2D eigenvalue weighted by molar-refractivity contribution is 5.84. The molecule has 0 amide bonds. The molecule has 0 spiro atoms. The number of rotatable bonds is 4. The van der Waals surface area contributed by atoms with Gasteiger partial charge >= 0.3 is 0 Å². The highest BCUT2D eigenvalue weighted by Gasteiger charge is 2.19. The van der Waals surface area contributed by atoms with Crippen molar-refractivity contribution in [2.75, 3.05) is 6.54 Å². The van der Waals surface area contributed by atoms with E-state index in [1.807, 2.05) is 6.07 Å². The van der Waals surface area contributed by atoms with Crippen LogP contribution >= 0.6 is 0 Å². The Morgan fingerprint density at radius 3 is 2.75 bits per heavy atom. The molecule has 0 radical (unpaired) electrons. The first-order chi connectivity index (χ1) is 9.70. The number of fused-ring (bicyclic) bond motifs is 1. The standard InChI is InChI=1S/C16H20N4/c1-10(2)15-7-16(20-19-15)12(8-17)13-9-18-14-6-4-3-5-11(13)14/h3-7,9-10,12,18H,8,17H2,1-2H3,(H,19,20). The lowest BCUT2D eigenvalue weighted by atomic mass is 9.94. The molecule has 0 saturated carbocycles. The summed E-state index contributed by atoms with van der Waals surface area (Å²) in [6, 6.07) is 10.4. The molecule has 3 aromatic rings. The molecule has 2 aromatic heterocycles. The first kappa shape index (κ1) is 12.9. The van der Waals surface area contributed by atoms with Crippen LogP contribution in [0.2, 0.25) is 0 Å². The van der Waals surface area contributed by atoms with E-state index in [0.29, 0.717) is 12.5 Å². The molecular formula is C16H20N4. The van der Waals surface area contributed by atoms with Gasteiger partial charge in [-0.25, -0.2) is 0 Å². The third-order valence-corrected chi connectivity index (χ3v) is 3.82. The number of aromatic nitrogens is 3. The van der Waals surface area contributed by atoms with Crippen LogP contribution in [0.1, 0.15) is 42.6 Å². The Labute approximate surface area is 118 Å². The predicted molar refractivity (Wildman–Crippen MR) is 81.9 cm³/mol. The van der Waals surface area contributed by atoms with Crippen molar-refractivity contribution in [3.8, 4) is 0 Å². The van der Waals surface area contributed by atoms with Crippen molar-refractivity contribution in [3.63, 3.8) is 0 Å². The van der Waals surface area contributed by atoms with Crippen LogP contribution in [0, 0.1) is 0 Å². The van der Waals surface area contributed by atoms with Crippen LogP contribution in [0.25, 0.3) is 10.9 Å². The fourth-order valence-corrected chi connectivity index (χ4v) is 2.63. The zero-order valence-corrected chi connectivity index (χ0v) is 11.9. The van der Waals surface area contributed by atoms with Crippen molar-refractivity contribution in [1.82, 2.24) is 15.2 Å². The van der Waals surface area contributed by atoms with Gasteiger partial charge in [-0.3, -0.25) is 5.10 Å². The minimum atomic E-state index is 0.145. The molecule has 1 atom stereocenters. The fourth-order valence-electron chi connectivity index (χ4n) is 2.63. The maximum atomic E-state index is 6.01. The van der Waals surface area contributed by atoms with Gasteiger partial charge < -0.3 is 10.7 Å². The van der Waals surface area contributed by atoms with Crippen LogP contribution in [0.3, 0.4) is 0 Å². The molecule has 2 heterocycles. The summed E-state index contributed by atoms with van der Waals surface area (Å²) in [6.07, 6.45) is 2.05. The van der Waals surface area contributed by atoms with Gasteiger partial charge in [0.2, 0.25) is 0 Å². The van der Waals surface area contributed by atoms with Crippen LogP contribution in [0.5, 0.6) is 0 Å². The molecule has 20 heavy (non-hydrogen) atoms. The van der Waals surface area contributed by atoms with Crippen molar-refractivity contribution in [2.45, 2.75) is 25.7 Å². The maximum absolute atomic E-state index is 6.01. The second-order valence-electron chi connectivity index (χ2n) is 5.48. The summed E-state index contributed by atoms with van der Waals surface area (Å²) in [5, 5.41) is 8.76. The number of aromatic amines is 2. The Balaban J connectivity index is 2.04. The fraction of sp³-hybridized carbons (Fsp3) is 0.312. The van der Waals surface area contributed by atoms with E-state index in [2.05, 4.69) is 59.5 Å². The molecule has 1 aromatic carbocycles. The predicted octanol–water partition coefficient (Wildman–Crippen LogP) is 3.11. The Bertz CT molecular complexity index is 708. The van der Waals surface area contributed by atoms with Gasteiger partial charge in [-0.15, -0.1) is 0 Å². The molecule has 3 rings (SSSR count). The van der Waals surface area contributed by atoms with E-state index in [1.165, 1.54) is 10.9 Å². The number of benzene rings is 1. The molecule has 104 valence electrons. The zero-order chi connectivity index (χ0) is 14.1. The molecule has 0 aliphatic rings. The highest BCUT2D eigenvalue weighted by atomic mass is 15.1. The molecule has 4 nitrogen and oxygen atoms in total. The Morgan fingerprint density at radius 2 is 2.05 bits per heavy atom. The number of hydrogen-bond acceptors (Lipinski definition) is 2. The van der Waals surface area contributed by atoms with Crippen LogP contribution < -0.4 is 5.73 Å². The third kappa shape index (κ3) is 2.12. The molecule has 4 heteroatoms. The average Bonchev–Trinajstić information content (AvgIpc) is 3.08. The van der Waals surface area contributed by atoms with Crippen molar-refractivity contribution in [1.29, 1.82) is 0 Å². The summed E-state index contributed by atoms with van der Waals surface area (Å²) in [6.45, 7) is 4.84. The molecule has 0 aliphatic carbocycles. The van der Waals surface area contributed by atoms with Crippen molar-refractivity contribution in [2.24, 2.45) is 5.73 Å². The summed E-state index contributed by atoms with van der Waals surface area (Å²) in [5.41, 5.74) is 10.5. The van der Waals surface area contributed by atoms with Crippen LogP contribution in [-0.4, -0.2) is 21.7 Å². The summed E-state index contributed by atoms with van der Waals surface area (Å²) in [7, 11) is 0. The largest absolute Gasteiger partial charge is 0.361 e. The van der Waals surface area contributed by atoms with Gasteiger partial charge in [0.25, 0.3) is 0 Å². The van der Waals surface area contributed by atoms with Gasteiger partial charge in [-0.05, 0) is 23.6 Å². The number of nitrogens with one attached hydrogen (secondary N) is 2. The summed E-state index contributed by atoms with van der Waals surface area (Å²) >= 11 is 0. The van der Waals surface area contributed by atoms with E-state index in [-0.39, 0.29) is 5.92 Å². The molecule has 0 fully saturated rings. The van der Waals surface area contributed by atoms with E-state index in [1.54, 1.807) is 0 Å². The lowest BCUT2D eigenvalue weighted by molar-refractivity contribution is 0.776. The molecular weight excluding hydrogens is 248 g/mol. The molecule has 4 N–H and O–H groups in total. The minimum Gasteiger partial charge on any atom is -0.361 e. The van der Waals surface area contributed by atoms with E-state index in [4.69, 9.17) is 5.73 Å². The Hall–Kier alpha value is -2.07. The van der Waals surface area contributed by atoms with E-state index in [9.17, 15) is 0 Å². The molecule has 0 aliphatic heterocycles. The van der Waals surface area contributed by atoms with Crippen molar-refractivity contribution >= 4 is 10.9 Å². The van der Waals surface area contributed by atoms with Gasteiger partial charge in [-0.2, -0.15) is 5.10 Å². The zero-order valence-electron chi connectivity index (χ0n) is 11.9. The normalized spacial score (nSPS) is 13.2. The monoisotopic (exact) mass is 268 g/mol. The topological polar surface area (TPSA) is 70.5 Å². The SMILES string of the molecule is CC(C)c1cc(C(CN)c2c[nH]c3ccccc23)[nH]n1. The minimum absolute atomic E-state index is 0.145. The van der Waals surface area contributed by atoms with Gasteiger partial charge in [0.15, 0.2) is 0 Å². The van der Waals surface area contributed by atoms with E-state index in [0.717, 1.165) is 16.9 Å². The van der Waals surface area contributed by atoms with Crippen molar-refractivity contribution in [3.05, 3.63) is 53.5 Å².